The fourth-order valence-corrected chi connectivity index (χ4v) is 3.32. The van der Waals surface area contributed by atoms with Gasteiger partial charge in [-0.15, -0.1) is 0 Å². The first-order valence-corrected chi connectivity index (χ1v) is 12.1. The number of hydrogen-bond donors (Lipinski definition) is 2. The molecule has 0 saturated carbocycles. The number of hydrogen-bond acceptors (Lipinski definition) is 6. The van der Waals surface area contributed by atoms with Crippen molar-refractivity contribution in [2.45, 2.75) is 19.8 Å². The van der Waals surface area contributed by atoms with Crippen LogP contribution in [0.1, 0.15) is 46.0 Å². The summed E-state index contributed by atoms with van der Waals surface area (Å²) in [6.45, 7) is 2.49. The molecule has 0 aliphatic carbocycles. The quantitative estimate of drug-likeness (QED) is 0.118. The van der Waals surface area contributed by atoms with E-state index in [2.05, 4.69) is 38.7 Å². The normalized spacial score (nSPS) is 10.6. The van der Waals surface area contributed by atoms with Crippen LogP contribution in [-0.2, 0) is 4.79 Å². The zero-order chi connectivity index (χ0) is 25.8. The molecule has 0 heterocycles. The first-order valence-electron chi connectivity index (χ1n) is 11.4. The molecule has 3 rings (SSSR count). The highest BCUT2D eigenvalue weighted by molar-refractivity contribution is 9.10. The van der Waals surface area contributed by atoms with E-state index >= 15 is 0 Å². The smallest absolute Gasteiger partial charge is 0.343 e. The standard InChI is InChI=1S/C27H26BrN3O5/c1-2-3-15-35-23-13-9-20(10-14-23)26(33)29-18-25(32)31-30-17-19-7-11-24(12-8-19)36-27(34)21-5-4-6-22(28)16-21/h4-14,16-17H,2-3,15,18H2,1H3,(H,29,33)(H,31,32). The third-order valence-electron chi connectivity index (χ3n) is 4.85. The second-order valence-electron chi connectivity index (χ2n) is 7.67. The number of carbonyl (C=O) groups excluding carboxylic acids is 3. The van der Waals surface area contributed by atoms with Gasteiger partial charge in [0.2, 0.25) is 0 Å². The largest absolute Gasteiger partial charge is 0.494 e. The Labute approximate surface area is 217 Å². The van der Waals surface area contributed by atoms with Crippen molar-refractivity contribution in [3.63, 3.8) is 0 Å². The summed E-state index contributed by atoms with van der Waals surface area (Å²) in [5.41, 5.74) is 3.89. The van der Waals surface area contributed by atoms with Gasteiger partial charge in [-0.25, -0.2) is 10.2 Å². The number of nitrogens with one attached hydrogen (secondary N) is 2. The van der Waals surface area contributed by atoms with E-state index in [0.717, 1.165) is 17.3 Å². The lowest BCUT2D eigenvalue weighted by atomic mass is 10.2. The average molecular weight is 552 g/mol. The van der Waals surface area contributed by atoms with Crippen LogP contribution in [0.3, 0.4) is 0 Å². The maximum atomic E-state index is 12.2. The van der Waals surface area contributed by atoms with Crippen molar-refractivity contribution in [3.05, 3.63) is 94.0 Å². The minimum Gasteiger partial charge on any atom is -0.494 e. The number of benzene rings is 3. The van der Waals surface area contributed by atoms with E-state index in [9.17, 15) is 14.4 Å². The van der Waals surface area contributed by atoms with Crippen LogP contribution in [0.2, 0.25) is 0 Å². The number of hydrazone groups is 1. The number of rotatable bonds is 11. The minimum absolute atomic E-state index is 0.227. The maximum Gasteiger partial charge on any atom is 0.343 e. The fourth-order valence-electron chi connectivity index (χ4n) is 2.92. The number of ether oxygens (including phenoxy) is 2. The van der Waals surface area contributed by atoms with Crippen LogP contribution in [0.15, 0.2) is 82.4 Å². The fraction of sp³-hybridized carbons (Fsp3) is 0.185. The first kappa shape index (κ1) is 26.6. The van der Waals surface area contributed by atoms with Crippen LogP contribution in [0.5, 0.6) is 11.5 Å². The molecule has 3 aromatic carbocycles. The Morgan fingerprint density at radius 2 is 1.67 bits per heavy atom. The molecule has 0 fully saturated rings. The number of halogens is 1. The molecule has 0 radical (unpaired) electrons. The number of amides is 2. The Hall–Kier alpha value is -3.98. The number of carbonyl (C=O) groups is 3. The monoisotopic (exact) mass is 551 g/mol. The van der Waals surface area contributed by atoms with Gasteiger partial charge in [0.05, 0.1) is 24.9 Å². The third kappa shape index (κ3) is 8.66. The second-order valence-corrected chi connectivity index (χ2v) is 8.59. The van der Waals surface area contributed by atoms with Gasteiger partial charge in [-0.2, -0.15) is 5.10 Å². The molecule has 0 bridgehead atoms. The van der Waals surface area contributed by atoms with E-state index < -0.39 is 11.9 Å². The zero-order valence-electron chi connectivity index (χ0n) is 19.7. The molecule has 3 aromatic rings. The van der Waals surface area contributed by atoms with Crippen molar-refractivity contribution in [1.82, 2.24) is 10.7 Å². The molecule has 0 aliphatic rings. The van der Waals surface area contributed by atoms with Crippen molar-refractivity contribution in [2.75, 3.05) is 13.2 Å². The van der Waals surface area contributed by atoms with E-state index in [1.165, 1.54) is 6.21 Å². The Bertz CT molecular complexity index is 1210. The zero-order valence-corrected chi connectivity index (χ0v) is 21.3. The Morgan fingerprint density at radius 3 is 2.36 bits per heavy atom. The minimum atomic E-state index is -0.473. The predicted octanol–water partition coefficient (Wildman–Crippen LogP) is 4.73. The van der Waals surface area contributed by atoms with E-state index in [1.807, 2.05) is 6.07 Å². The molecule has 0 unspecified atom stereocenters. The van der Waals surface area contributed by atoms with Gasteiger partial charge in [0.15, 0.2) is 0 Å². The summed E-state index contributed by atoms with van der Waals surface area (Å²) in [6, 6.07) is 20.3. The van der Waals surface area contributed by atoms with Crippen LogP contribution in [0.4, 0.5) is 0 Å². The van der Waals surface area contributed by atoms with Crippen molar-refractivity contribution < 1.29 is 23.9 Å². The average Bonchev–Trinajstić information content (AvgIpc) is 2.89. The van der Waals surface area contributed by atoms with Crippen LogP contribution in [0.25, 0.3) is 0 Å². The van der Waals surface area contributed by atoms with E-state index in [1.54, 1.807) is 66.7 Å². The molecule has 2 amide bonds. The molecular weight excluding hydrogens is 526 g/mol. The van der Waals surface area contributed by atoms with E-state index in [4.69, 9.17) is 9.47 Å². The van der Waals surface area contributed by atoms with Gasteiger partial charge in [-0.3, -0.25) is 9.59 Å². The van der Waals surface area contributed by atoms with Crippen LogP contribution in [0, 0.1) is 0 Å². The molecular formula is C27H26BrN3O5. The molecule has 36 heavy (non-hydrogen) atoms. The second kappa shape index (κ2) is 13.8. The highest BCUT2D eigenvalue weighted by Gasteiger charge is 2.09. The third-order valence-corrected chi connectivity index (χ3v) is 5.34. The molecule has 8 nitrogen and oxygen atoms in total. The van der Waals surface area contributed by atoms with E-state index in [0.29, 0.717) is 34.8 Å². The molecule has 0 saturated heterocycles. The van der Waals surface area contributed by atoms with E-state index in [-0.39, 0.29) is 12.5 Å². The Morgan fingerprint density at radius 1 is 0.944 bits per heavy atom. The first-order chi connectivity index (χ1) is 17.4. The molecule has 0 aliphatic heterocycles. The molecule has 2 N–H and O–H groups in total. The van der Waals surface area contributed by atoms with Gasteiger partial charge < -0.3 is 14.8 Å². The van der Waals surface area contributed by atoms with Crippen LogP contribution >= 0.6 is 15.9 Å². The van der Waals surface area contributed by atoms with Crippen LogP contribution < -0.4 is 20.2 Å². The molecule has 0 spiro atoms. The predicted molar refractivity (Wildman–Crippen MR) is 140 cm³/mol. The van der Waals surface area contributed by atoms with Gasteiger partial charge >= 0.3 is 5.97 Å². The molecule has 0 aromatic heterocycles. The number of unbranched alkanes of at least 4 members (excludes halogenated alkanes) is 1. The highest BCUT2D eigenvalue weighted by Crippen LogP contribution is 2.16. The van der Waals surface area contributed by atoms with Gasteiger partial charge in [0.1, 0.15) is 11.5 Å². The molecule has 186 valence electrons. The van der Waals surface area contributed by atoms with Crippen molar-refractivity contribution >= 4 is 39.9 Å². The number of esters is 1. The van der Waals surface area contributed by atoms with Gasteiger partial charge in [0.25, 0.3) is 11.8 Å². The lowest BCUT2D eigenvalue weighted by Gasteiger charge is -2.07. The lowest BCUT2D eigenvalue weighted by Crippen LogP contribution is -2.34. The SMILES string of the molecule is CCCCOc1ccc(C(=O)NCC(=O)NN=Cc2ccc(OC(=O)c3cccc(Br)c3)cc2)cc1. The van der Waals surface area contributed by atoms with Crippen molar-refractivity contribution in [1.29, 1.82) is 0 Å². The lowest BCUT2D eigenvalue weighted by molar-refractivity contribution is -0.120. The summed E-state index contributed by atoms with van der Waals surface area (Å²) in [7, 11) is 0. The molecule has 9 heteroatoms. The topological polar surface area (TPSA) is 106 Å². The van der Waals surface area contributed by atoms with Crippen molar-refractivity contribution in [2.24, 2.45) is 5.10 Å². The Balaban J connectivity index is 1.40. The highest BCUT2D eigenvalue weighted by atomic mass is 79.9. The summed E-state index contributed by atoms with van der Waals surface area (Å²) in [5, 5.41) is 6.43. The summed E-state index contributed by atoms with van der Waals surface area (Å²) >= 11 is 3.32. The summed E-state index contributed by atoms with van der Waals surface area (Å²) in [6.07, 6.45) is 3.45. The molecule has 0 atom stereocenters. The maximum absolute atomic E-state index is 12.2. The van der Waals surface area contributed by atoms with Gasteiger partial charge in [0, 0.05) is 10.0 Å². The van der Waals surface area contributed by atoms with Crippen LogP contribution in [-0.4, -0.2) is 37.1 Å². The summed E-state index contributed by atoms with van der Waals surface area (Å²) in [5.74, 6) is -0.239. The number of nitrogens with zero attached hydrogens (tertiary/aromatic N) is 1. The summed E-state index contributed by atoms with van der Waals surface area (Å²) in [4.78, 5) is 36.4. The van der Waals surface area contributed by atoms with Crippen molar-refractivity contribution in [3.8, 4) is 11.5 Å². The van der Waals surface area contributed by atoms with Gasteiger partial charge in [-0.1, -0.05) is 35.3 Å². The summed E-state index contributed by atoms with van der Waals surface area (Å²) < 4.78 is 11.7. The Kier molecular flexibility index (Phi) is 10.2. The van der Waals surface area contributed by atoms with Gasteiger partial charge in [-0.05, 0) is 78.7 Å².